The van der Waals surface area contributed by atoms with Gasteiger partial charge in [0.05, 0.1) is 16.8 Å². The number of hydrogen-bond acceptors (Lipinski definition) is 4. The molecule has 0 atom stereocenters. The number of carbonyl (C=O) groups excluding carboxylic acids is 1. The zero-order valence-corrected chi connectivity index (χ0v) is 15.4. The number of carbonyl (C=O) groups is 1. The van der Waals surface area contributed by atoms with Crippen molar-refractivity contribution in [2.45, 2.75) is 6.54 Å². The smallest absolute Gasteiger partial charge is 0.300 e. The van der Waals surface area contributed by atoms with Gasteiger partial charge in [0.1, 0.15) is 0 Å². The predicted molar refractivity (Wildman–Crippen MR) is 105 cm³/mol. The number of nitrogens with zero attached hydrogens (tertiary/aromatic N) is 4. The first kappa shape index (κ1) is 17.1. The maximum Gasteiger partial charge on any atom is 0.300 e. The standard InChI is InChI=1S/C20H16N4O2S/c1-23-16-9-5-6-10-17(16)27-20(23)21-19(26)15-11-12-18(25)24(22-15)13-14-7-3-2-4-8-14/h2-12H,13H2,1H3. The molecule has 0 aliphatic rings. The van der Waals surface area contributed by atoms with Crippen molar-refractivity contribution in [3.63, 3.8) is 0 Å². The summed E-state index contributed by atoms with van der Waals surface area (Å²) in [4.78, 5) is 29.5. The number of thiazole rings is 1. The van der Waals surface area contributed by atoms with Crippen molar-refractivity contribution in [2.75, 3.05) is 0 Å². The third-order valence-electron chi connectivity index (χ3n) is 4.17. The van der Waals surface area contributed by atoms with Gasteiger partial charge < -0.3 is 4.57 Å². The fourth-order valence-corrected chi connectivity index (χ4v) is 3.78. The second kappa shape index (κ2) is 7.13. The highest BCUT2D eigenvalue weighted by molar-refractivity contribution is 7.16. The molecule has 7 heteroatoms. The Balaban J connectivity index is 1.70. The van der Waals surface area contributed by atoms with Crippen molar-refractivity contribution in [1.29, 1.82) is 0 Å². The highest BCUT2D eigenvalue weighted by atomic mass is 32.1. The molecule has 2 aromatic heterocycles. The zero-order valence-electron chi connectivity index (χ0n) is 14.6. The lowest BCUT2D eigenvalue weighted by Gasteiger charge is -2.05. The van der Waals surface area contributed by atoms with Crippen LogP contribution >= 0.6 is 11.3 Å². The van der Waals surface area contributed by atoms with Gasteiger partial charge in [-0.05, 0) is 23.8 Å². The Morgan fingerprint density at radius 2 is 1.78 bits per heavy atom. The Morgan fingerprint density at radius 3 is 2.56 bits per heavy atom. The van der Waals surface area contributed by atoms with Crippen LogP contribution in [0.1, 0.15) is 16.1 Å². The quantitative estimate of drug-likeness (QED) is 0.552. The van der Waals surface area contributed by atoms with Crippen molar-refractivity contribution in [2.24, 2.45) is 12.0 Å². The number of benzene rings is 2. The lowest BCUT2D eigenvalue weighted by atomic mass is 10.2. The van der Waals surface area contributed by atoms with E-state index in [2.05, 4.69) is 10.1 Å². The van der Waals surface area contributed by atoms with E-state index in [-0.39, 0.29) is 11.3 Å². The van der Waals surface area contributed by atoms with Gasteiger partial charge in [-0.1, -0.05) is 53.8 Å². The average Bonchev–Trinajstić information content (AvgIpc) is 3.00. The minimum Gasteiger partial charge on any atom is -0.319 e. The second-order valence-corrected chi connectivity index (χ2v) is 7.04. The van der Waals surface area contributed by atoms with Crippen molar-refractivity contribution >= 4 is 27.5 Å². The van der Waals surface area contributed by atoms with E-state index in [1.165, 1.54) is 28.2 Å². The molecule has 0 fully saturated rings. The van der Waals surface area contributed by atoms with Crippen LogP contribution in [0.2, 0.25) is 0 Å². The van der Waals surface area contributed by atoms with E-state index >= 15 is 0 Å². The molecular formula is C20H16N4O2S. The first-order valence-corrected chi connectivity index (χ1v) is 9.19. The molecule has 134 valence electrons. The molecule has 0 saturated carbocycles. The third-order valence-corrected chi connectivity index (χ3v) is 5.29. The predicted octanol–water partition coefficient (Wildman–Crippen LogP) is 2.59. The minimum absolute atomic E-state index is 0.142. The van der Waals surface area contributed by atoms with Gasteiger partial charge >= 0.3 is 0 Å². The van der Waals surface area contributed by atoms with E-state index < -0.39 is 5.91 Å². The van der Waals surface area contributed by atoms with Gasteiger partial charge in [0.25, 0.3) is 11.5 Å². The van der Waals surface area contributed by atoms with Gasteiger partial charge in [0.15, 0.2) is 10.5 Å². The first-order chi connectivity index (χ1) is 13.1. The van der Waals surface area contributed by atoms with E-state index in [1.54, 1.807) is 0 Å². The van der Waals surface area contributed by atoms with Crippen LogP contribution in [0.4, 0.5) is 0 Å². The van der Waals surface area contributed by atoms with Crippen molar-refractivity contribution in [3.05, 3.63) is 93.1 Å². The summed E-state index contributed by atoms with van der Waals surface area (Å²) in [6.45, 7) is 0.303. The molecule has 0 unspecified atom stereocenters. The molecule has 0 spiro atoms. The van der Waals surface area contributed by atoms with E-state index in [4.69, 9.17) is 0 Å². The van der Waals surface area contributed by atoms with Crippen molar-refractivity contribution < 1.29 is 4.79 Å². The van der Waals surface area contributed by atoms with Crippen LogP contribution in [0.15, 0.2) is 76.5 Å². The molecule has 6 nitrogen and oxygen atoms in total. The van der Waals surface area contributed by atoms with Crippen LogP contribution in [0.25, 0.3) is 10.2 Å². The van der Waals surface area contributed by atoms with Gasteiger partial charge in [-0.15, -0.1) is 0 Å². The van der Waals surface area contributed by atoms with Crippen LogP contribution in [0, 0.1) is 0 Å². The third kappa shape index (κ3) is 3.50. The Morgan fingerprint density at radius 1 is 1.04 bits per heavy atom. The molecule has 0 aliphatic heterocycles. The second-order valence-electron chi connectivity index (χ2n) is 6.03. The van der Waals surface area contributed by atoms with Gasteiger partial charge in [-0.2, -0.15) is 10.1 Å². The Hall–Kier alpha value is -3.32. The van der Waals surface area contributed by atoms with Crippen LogP contribution in [-0.2, 0) is 13.6 Å². The normalized spacial score (nSPS) is 11.8. The maximum absolute atomic E-state index is 12.6. The lowest BCUT2D eigenvalue weighted by Crippen LogP contribution is -2.25. The minimum atomic E-state index is -0.473. The van der Waals surface area contributed by atoms with Crippen LogP contribution in [-0.4, -0.2) is 20.3 Å². The van der Waals surface area contributed by atoms with Gasteiger partial charge in [0, 0.05) is 13.1 Å². The molecule has 4 aromatic rings. The number of aromatic nitrogens is 3. The molecule has 2 aromatic carbocycles. The highest BCUT2D eigenvalue weighted by Gasteiger charge is 2.10. The van der Waals surface area contributed by atoms with Crippen LogP contribution in [0.3, 0.4) is 0 Å². The van der Waals surface area contributed by atoms with E-state index in [1.807, 2.05) is 66.2 Å². The molecule has 27 heavy (non-hydrogen) atoms. The topological polar surface area (TPSA) is 69.2 Å². The van der Waals surface area contributed by atoms with E-state index in [0.717, 1.165) is 15.8 Å². The van der Waals surface area contributed by atoms with Gasteiger partial charge in [-0.25, -0.2) is 4.68 Å². The zero-order chi connectivity index (χ0) is 18.8. The molecule has 4 rings (SSSR count). The number of hydrogen-bond donors (Lipinski definition) is 0. The number of amides is 1. The fourth-order valence-electron chi connectivity index (χ4n) is 2.76. The Bertz CT molecular complexity index is 1250. The average molecular weight is 376 g/mol. The summed E-state index contributed by atoms with van der Waals surface area (Å²) in [6.07, 6.45) is 0. The lowest BCUT2D eigenvalue weighted by molar-refractivity contribution is 0.0991. The molecule has 0 radical (unpaired) electrons. The summed E-state index contributed by atoms with van der Waals surface area (Å²) >= 11 is 1.44. The fraction of sp³-hybridized carbons (Fsp3) is 0.100. The van der Waals surface area contributed by atoms with Crippen molar-refractivity contribution in [3.8, 4) is 0 Å². The number of aryl methyl sites for hydroxylation is 1. The molecular weight excluding hydrogens is 360 g/mol. The highest BCUT2D eigenvalue weighted by Crippen LogP contribution is 2.15. The molecule has 1 amide bonds. The first-order valence-electron chi connectivity index (χ1n) is 8.37. The number of fused-ring (bicyclic) bond motifs is 1. The summed E-state index contributed by atoms with van der Waals surface area (Å²) in [5.41, 5.74) is 1.83. The summed E-state index contributed by atoms with van der Waals surface area (Å²) < 4.78 is 4.20. The molecule has 0 bridgehead atoms. The molecule has 0 saturated heterocycles. The summed E-state index contributed by atoms with van der Waals surface area (Å²) in [7, 11) is 1.87. The van der Waals surface area contributed by atoms with Gasteiger partial charge in [-0.3, -0.25) is 9.59 Å². The molecule has 0 aliphatic carbocycles. The molecule has 0 N–H and O–H groups in total. The molecule has 2 heterocycles. The maximum atomic E-state index is 12.6. The van der Waals surface area contributed by atoms with Crippen LogP contribution in [0.5, 0.6) is 0 Å². The monoisotopic (exact) mass is 376 g/mol. The summed E-state index contributed by atoms with van der Waals surface area (Å²) in [5, 5.41) is 4.20. The van der Waals surface area contributed by atoms with Gasteiger partial charge in [0.2, 0.25) is 0 Å². The largest absolute Gasteiger partial charge is 0.319 e. The SMILES string of the molecule is Cn1c(=NC(=O)c2ccc(=O)n(Cc3ccccc3)n2)sc2ccccc21. The van der Waals surface area contributed by atoms with Crippen molar-refractivity contribution in [1.82, 2.24) is 14.3 Å². The Kier molecular flexibility index (Phi) is 4.52. The van der Waals surface area contributed by atoms with E-state index in [0.29, 0.717) is 11.3 Å². The Labute approximate surface area is 158 Å². The van der Waals surface area contributed by atoms with E-state index in [9.17, 15) is 9.59 Å². The number of para-hydroxylation sites is 1. The van der Waals surface area contributed by atoms with Crippen LogP contribution < -0.4 is 10.4 Å². The summed E-state index contributed by atoms with van der Waals surface area (Å²) in [6, 6.07) is 20.1. The summed E-state index contributed by atoms with van der Waals surface area (Å²) in [5.74, 6) is -0.473. The number of rotatable bonds is 3.